The molecule has 0 aliphatic heterocycles. The van der Waals surface area contributed by atoms with Crippen molar-refractivity contribution in [3.8, 4) is 66.8 Å². The van der Waals surface area contributed by atoms with Crippen molar-refractivity contribution in [2.45, 2.75) is 41.5 Å². The van der Waals surface area contributed by atoms with Crippen molar-refractivity contribution in [2.75, 3.05) is 0 Å². The third kappa shape index (κ3) is 11.2. The molecule has 0 atom stereocenters. The molecule has 0 nitrogen and oxygen atoms in total. The summed E-state index contributed by atoms with van der Waals surface area (Å²) in [6, 6.07) is 69.1. The fourth-order valence-electron chi connectivity index (χ4n) is 7.16. The largest absolute Gasteiger partial charge is 0.206 e. The van der Waals surface area contributed by atoms with E-state index in [0.717, 1.165) is 33.4 Å². The molecule has 0 aliphatic rings. The second-order valence-corrected chi connectivity index (χ2v) is 16.2. The predicted molar refractivity (Wildman–Crippen MR) is 260 cm³/mol. The third-order valence-electron chi connectivity index (χ3n) is 11.1. The van der Waals surface area contributed by atoms with Gasteiger partial charge in [0.05, 0.1) is 0 Å². The number of hydrogen-bond donors (Lipinski definition) is 0. The van der Waals surface area contributed by atoms with Crippen molar-refractivity contribution in [2.24, 2.45) is 0 Å². The van der Waals surface area contributed by atoms with E-state index in [9.17, 15) is 8.78 Å². The van der Waals surface area contributed by atoms with E-state index in [1.807, 2.05) is 149 Å². The lowest BCUT2D eigenvalue weighted by Crippen LogP contribution is -1.87. The quantitative estimate of drug-likeness (QED) is 0.157. The fourth-order valence-corrected chi connectivity index (χ4v) is 7.16. The van der Waals surface area contributed by atoms with Gasteiger partial charge in [0.25, 0.3) is 0 Å². The minimum absolute atomic E-state index is 0.183. The molecule has 0 heterocycles. The first-order chi connectivity index (χ1) is 30.0. The first-order valence-electron chi connectivity index (χ1n) is 21.1. The number of benzene rings is 9. The van der Waals surface area contributed by atoms with Crippen LogP contribution >= 0.6 is 0 Å². The van der Waals surface area contributed by atoms with Gasteiger partial charge in [-0.05, 0) is 109 Å². The van der Waals surface area contributed by atoms with E-state index in [1.54, 1.807) is 12.1 Å². The topological polar surface area (TPSA) is 0 Å². The van der Waals surface area contributed by atoms with E-state index < -0.39 is 0 Å². The van der Waals surface area contributed by atoms with Crippen LogP contribution in [0.2, 0.25) is 0 Å². The van der Waals surface area contributed by atoms with Gasteiger partial charge in [0.2, 0.25) is 0 Å². The van der Waals surface area contributed by atoms with Crippen molar-refractivity contribution in [1.82, 2.24) is 0 Å². The summed E-state index contributed by atoms with van der Waals surface area (Å²) in [5, 5.41) is 0. The summed E-state index contributed by atoms with van der Waals surface area (Å²) in [6.45, 7) is 12.4. The number of aryl methyl sites for hydroxylation is 6. The highest BCUT2D eigenvalue weighted by Gasteiger charge is 2.09. The zero-order valence-electron chi connectivity index (χ0n) is 36.4. The smallest absolute Gasteiger partial charge is 0.131 e. The molecule has 0 N–H and O–H groups in total. The molecule has 9 aromatic carbocycles. The van der Waals surface area contributed by atoms with Gasteiger partial charge in [-0.15, -0.1) is 0 Å². The summed E-state index contributed by atoms with van der Waals surface area (Å²) in [7, 11) is 0. The molecule has 0 unspecified atom stereocenters. The molecule has 0 aliphatic carbocycles. The molecule has 306 valence electrons. The van der Waals surface area contributed by atoms with Gasteiger partial charge in [0.15, 0.2) is 0 Å². The molecule has 9 aromatic rings. The molecule has 0 amide bonds. The second-order valence-electron chi connectivity index (χ2n) is 16.2. The Kier molecular flexibility index (Phi) is 13.8. The van der Waals surface area contributed by atoms with Gasteiger partial charge in [0, 0.05) is 11.1 Å². The maximum atomic E-state index is 14.4. The standard InChI is InChI=1S/2C20H17F.C20H18/c2*1-14-3-7-16(8-4-14)18-11-12-19(20(21)13-18)17-9-5-15(2)6-10-17;1-15-3-7-17(8-4-15)19-11-13-20(14-12-19)18-9-5-16(2)6-10-18/h2*3-13H,1-2H3;3-14H,1-2H3. The highest BCUT2D eigenvalue weighted by atomic mass is 19.1. The fraction of sp³-hybridized carbons (Fsp3) is 0.100. The number of rotatable bonds is 6. The van der Waals surface area contributed by atoms with Crippen LogP contribution in [0.5, 0.6) is 0 Å². The van der Waals surface area contributed by atoms with Gasteiger partial charge in [-0.1, -0.05) is 228 Å². The van der Waals surface area contributed by atoms with Crippen molar-refractivity contribution >= 4 is 0 Å². The zero-order chi connectivity index (χ0) is 43.6. The lowest BCUT2D eigenvalue weighted by atomic mass is 9.98. The van der Waals surface area contributed by atoms with Crippen LogP contribution in [0.1, 0.15) is 33.4 Å². The summed E-state index contributed by atoms with van der Waals surface area (Å²) in [6.07, 6.45) is 0. The molecule has 0 spiro atoms. The van der Waals surface area contributed by atoms with Crippen molar-refractivity contribution in [1.29, 1.82) is 0 Å². The summed E-state index contributed by atoms with van der Waals surface area (Å²) in [4.78, 5) is 0. The molecular weight excluding hydrogens is 759 g/mol. The van der Waals surface area contributed by atoms with E-state index in [0.29, 0.717) is 11.1 Å². The van der Waals surface area contributed by atoms with Crippen LogP contribution in [0.4, 0.5) is 8.78 Å². The van der Waals surface area contributed by atoms with E-state index in [4.69, 9.17) is 0 Å². The van der Waals surface area contributed by atoms with Crippen LogP contribution in [0.3, 0.4) is 0 Å². The van der Waals surface area contributed by atoms with Crippen molar-refractivity contribution in [3.05, 3.63) is 251 Å². The highest BCUT2D eigenvalue weighted by Crippen LogP contribution is 2.31. The summed E-state index contributed by atoms with van der Waals surface area (Å²) >= 11 is 0. The lowest BCUT2D eigenvalue weighted by Gasteiger charge is -2.08. The van der Waals surface area contributed by atoms with Gasteiger partial charge in [-0.3, -0.25) is 0 Å². The Morgan fingerprint density at radius 3 is 0.565 bits per heavy atom. The Morgan fingerprint density at radius 2 is 0.355 bits per heavy atom. The maximum Gasteiger partial charge on any atom is 0.131 e. The summed E-state index contributed by atoms with van der Waals surface area (Å²) in [5.41, 5.74) is 19.4. The molecule has 0 bridgehead atoms. The monoisotopic (exact) mass is 810 g/mol. The van der Waals surface area contributed by atoms with Crippen LogP contribution in [-0.2, 0) is 0 Å². The first kappa shape index (κ1) is 42.9. The van der Waals surface area contributed by atoms with Gasteiger partial charge >= 0.3 is 0 Å². The number of halogens is 2. The van der Waals surface area contributed by atoms with E-state index >= 15 is 0 Å². The van der Waals surface area contributed by atoms with E-state index in [-0.39, 0.29) is 11.6 Å². The van der Waals surface area contributed by atoms with Crippen LogP contribution in [0.25, 0.3) is 66.8 Å². The Bertz CT molecular complexity index is 2630. The van der Waals surface area contributed by atoms with Crippen molar-refractivity contribution < 1.29 is 8.78 Å². The normalized spacial score (nSPS) is 10.6. The molecule has 0 radical (unpaired) electrons. The molecule has 0 fully saturated rings. The molecule has 0 saturated heterocycles. The number of hydrogen-bond acceptors (Lipinski definition) is 0. The van der Waals surface area contributed by atoms with E-state index in [1.165, 1.54) is 55.6 Å². The molecule has 2 heteroatoms. The Balaban J connectivity index is 0.000000140. The van der Waals surface area contributed by atoms with Crippen LogP contribution in [0, 0.1) is 53.2 Å². The third-order valence-corrected chi connectivity index (χ3v) is 11.1. The average Bonchev–Trinajstić information content (AvgIpc) is 3.29. The van der Waals surface area contributed by atoms with Gasteiger partial charge in [-0.2, -0.15) is 0 Å². The Hall–Kier alpha value is -7.16. The van der Waals surface area contributed by atoms with Gasteiger partial charge < -0.3 is 0 Å². The molecule has 62 heavy (non-hydrogen) atoms. The minimum Gasteiger partial charge on any atom is -0.206 e. The Labute approximate surface area is 366 Å². The maximum absolute atomic E-state index is 14.4. The Morgan fingerprint density at radius 1 is 0.194 bits per heavy atom. The zero-order valence-corrected chi connectivity index (χ0v) is 36.4. The van der Waals surface area contributed by atoms with E-state index in [2.05, 4.69) is 86.6 Å². The van der Waals surface area contributed by atoms with Crippen LogP contribution in [-0.4, -0.2) is 0 Å². The second kappa shape index (κ2) is 19.9. The lowest BCUT2D eigenvalue weighted by molar-refractivity contribution is 0.631. The SMILES string of the molecule is Cc1ccc(-c2ccc(-c3ccc(C)cc3)c(F)c2)cc1.Cc1ccc(-c2ccc(-c3ccc(C)cc3)c(F)c2)cc1.Cc1ccc(-c2ccc(-c3ccc(C)cc3)cc2)cc1. The van der Waals surface area contributed by atoms with Crippen LogP contribution < -0.4 is 0 Å². The van der Waals surface area contributed by atoms with Gasteiger partial charge in [0.1, 0.15) is 11.6 Å². The predicted octanol–water partition coefficient (Wildman–Crippen LogP) is 17.2. The average molecular weight is 811 g/mol. The first-order valence-corrected chi connectivity index (χ1v) is 21.1. The molecule has 0 aromatic heterocycles. The summed E-state index contributed by atoms with van der Waals surface area (Å²) < 4.78 is 28.8. The minimum atomic E-state index is -0.183. The molecule has 0 saturated carbocycles. The summed E-state index contributed by atoms with van der Waals surface area (Å²) in [5.74, 6) is -0.367. The molecular formula is C60H52F2. The molecule has 9 rings (SSSR count). The van der Waals surface area contributed by atoms with Crippen molar-refractivity contribution in [3.63, 3.8) is 0 Å². The highest BCUT2D eigenvalue weighted by molar-refractivity contribution is 5.73. The van der Waals surface area contributed by atoms with Crippen LogP contribution in [0.15, 0.2) is 206 Å². The van der Waals surface area contributed by atoms with Gasteiger partial charge in [-0.25, -0.2) is 8.78 Å².